The van der Waals surface area contributed by atoms with E-state index in [0.717, 1.165) is 16.5 Å². The average molecular weight is 407 g/mol. The molecule has 0 saturated heterocycles. The standard InChI is InChI=1S/C20H18BN3O6/c1-9(25)28-7-13-16(26)4-15-19-12(6-24(15)20(13)27)11(5-22-21)10-2-17-18(30-8-29-17)3-14(10)23-19/h2-4,22,26H,5-8,21H2,1H3. The van der Waals surface area contributed by atoms with Gasteiger partial charge < -0.3 is 29.1 Å². The maximum atomic E-state index is 13.0. The van der Waals surface area contributed by atoms with Gasteiger partial charge in [-0.1, -0.05) is 0 Å². The summed E-state index contributed by atoms with van der Waals surface area (Å²) in [6.45, 7) is 2.02. The number of nitrogens with one attached hydrogen (secondary N) is 1. The molecule has 0 fully saturated rings. The van der Waals surface area contributed by atoms with E-state index in [0.29, 0.717) is 41.5 Å². The smallest absolute Gasteiger partial charge is 0.302 e. The Hall–Kier alpha value is -3.53. The van der Waals surface area contributed by atoms with Gasteiger partial charge in [0.05, 0.1) is 29.0 Å². The van der Waals surface area contributed by atoms with Gasteiger partial charge in [-0.3, -0.25) is 9.59 Å². The van der Waals surface area contributed by atoms with Gasteiger partial charge in [-0.2, -0.15) is 0 Å². The predicted octanol–water partition coefficient (Wildman–Crippen LogP) is 0.560. The third-order valence-corrected chi connectivity index (χ3v) is 5.41. The molecule has 0 saturated carbocycles. The summed E-state index contributed by atoms with van der Waals surface area (Å²) in [4.78, 5) is 28.9. The van der Waals surface area contributed by atoms with Crippen LogP contribution in [0.25, 0.3) is 22.3 Å². The largest absolute Gasteiger partial charge is 0.507 e. The van der Waals surface area contributed by atoms with E-state index in [-0.39, 0.29) is 24.7 Å². The van der Waals surface area contributed by atoms with E-state index >= 15 is 0 Å². The highest BCUT2D eigenvalue weighted by atomic mass is 16.7. The van der Waals surface area contributed by atoms with Gasteiger partial charge in [0, 0.05) is 36.6 Å². The van der Waals surface area contributed by atoms with Gasteiger partial charge >= 0.3 is 5.97 Å². The molecule has 0 spiro atoms. The average Bonchev–Trinajstić information content (AvgIpc) is 3.30. The minimum atomic E-state index is -0.524. The van der Waals surface area contributed by atoms with Crippen LogP contribution < -0.4 is 20.3 Å². The van der Waals surface area contributed by atoms with Crippen molar-refractivity contribution in [3.8, 4) is 28.6 Å². The number of hydrogen-bond acceptors (Lipinski definition) is 8. The molecule has 152 valence electrons. The SMILES string of the molecule is BNCc1c2c(nc3cc4c(cc13)OCO4)-c1cc(O)c(COC(C)=O)c(=O)n1C2. The van der Waals surface area contributed by atoms with E-state index in [9.17, 15) is 14.7 Å². The van der Waals surface area contributed by atoms with Gasteiger partial charge in [-0.25, -0.2) is 4.98 Å². The lowest BCUT2D eigenvalue weighted by Gasteiger charge is -2.12. The van der Waals surface area contributed by atoms with Crippen LogP contribution in [0.2, 0.25) is 0 Å². The molecule has 3 aromatic rings. The molecule has 2 aliphatic heterocycles. The molecule has 30 heavy (non-hydrogen) atoms. The normalized spacial score (nSPS) is 13.4. The summed E-state index contributed by atoms with van der Waals surface area (Å²) in [5.74, 6) is 0.545. The maximum Gasteiger partial charge on any atom is 0.302 e. The highest BCUT2D eigenvalue weighted by molar-refractivity contribution is 6.04. The minimum absolute atomic E-state index is 0.0438. The van der Waals surface area contributed by atoms with Crippen molar-refractivity contribution in [2.45, 2.75) is 26.6 Å². The third kappa shape index (κ3) is 2.72. The second-order valence-corrected chi connectivity index (χ2v) is 7.24. The van der Waals surface area contributed by atoms with Crippen LogP contribution in [0.1, 0.15) is 23.6 Å². The summed E-state index contributed by atoms with van der Waals surface area (Å²) in [6, 6.07) is 5.24. The number of carbonyl (C=O) groups excluding carboxylic acids is 1. The fourth-order valence-corrected chi connectivity index (χ4v) is 4.02. The van der Waals surface area contributed by atoms with Gasteiger partial charge in [0.2, 0.25) is 6.79 Å². The van der Waals surface area contributed by atoms with E-state index in [1.807, 2.05) is 20.1 Å². The van der Waals surface area contributed by atoms with Crippen LogP contribution in [0.5, 0.6) is 17.2 Å². The van der Waals surface area contributed by atoms with Crippen molar-refractivity contribution < 1.29 is 24.1 Å². The first-order valence-electron chi connectivity index (χ1n) is 9.47. The van der Waals surface area contributed by atoms with Gasteiger partial charge in [0.25, 0.3) is 5.56 Å². The first kappa shape index (κ1) is 18.5. The van der Waals surface area contributed by atoms with Crippen molar-refractivity contribution in [1.82, 2.24) is 14.8 Å². The molecular weight excluding hydrogens is 389 g/mol. The van der Waals surface area contributed by atoms with Crippen LogP contribution in [0.15, 0.2) is 23.0 Å². The number of esters is 1. The number of pyridine rings is 2. The monoisotopic (exact) mass is 407 g/mol. The quantitative estimate of drug-likeness (QED) is 0.373. The fourth-order valence-electron chi connectivity index (χ4n) is 4.02. The van der Waals surface area contributed by atoms with Crippen molar-refractivity contribution in [3.63, 3.8) is 0 Å². The van der Waals surface area contributed by atoms with Crippen molar-refractivity contribution >= 4 is 24.9 Å². The lowest BCUT2D eigenvalue weighted by molar-refractivity contribution is -0.142. The molecular formula is C20H18BN3O6. The summed E-state index contributed by atoms with van der Waals surface area (Å²) in [6.07, 6.45) is 0. The minimum Gasteiger partial charge on any atom is -0.507 e. The van der Waals surface area contributed by atoms with Crippen LogP contribution in [-0.4, -0.2) is 35.4 Å². The first-order valence-corrected chi connectivity index (χ1v) is 9.47. The zero-order chi connectivity index (χ0) is 21.0. The van der Waals surface area contributed by atoms with Crippen LogP contribution in [0.3, 0.4) is 0 Å². The molecule has 0 radical (unpaired) electrons. The molecule has 5 rings (SSSR count). The van der Waals surface area contributed by atoms with E-state index in [4.69, 9.17) is 19.2 Å². The molecule has 10 heteroatoms. The number of carbonyl (C=O) groups is 1. The molecule has 4 heterocycles. The van der Waals surface area contributed by atoms with Crippen LogP contribution in [0.4, 0.5) is 0 Å². The first-order chi connectivity index (χ1) is 14.5. The highest BCUT2D eigenvalue weighted by Crippen LogP contribution is 2.41. The van der Waals surface area contributed by atoms with E-state index in [2.05, 4.69) is 5.23 Å². The summed E-state index contributed by atoms with van der Waals surface area (Å²) in [5.41, 5.74) is 3.42. The topological polar surface area (TPSA) is 112 Å². The van der Waals surface area contributed by atoms with Gasteiger partial charge in [0.1, 0.15) is 12.4 Å². The lowest BCUT2D eigenvalue weighted by Crippen LogP contribution is -2.24. The van der Waals surface area contributed by atoms with E-state index in [1.165, 1.54) is 13.0 Å². The number of aromatic hydroxyl groups is 1. The molecule has 2 aromatic heterocycles. The van der Waals surface area contributed by atoms with Crippen LogP contribution >= 0.6 is 0 Å². The zero-order valence-corrected chi connectivity index (χ0v) is 16.4. The summed E-state index contributed by atoms with van der Waals surface area (Å²) >= 11 is 0. The van der Waals surface area contributed by atoms with Crippen molar-refractivity contribution in [3.05, 3.63) is 45.2 Å². The Morgan fingerprint density at radius 1 is 1.30 bits per heavy atom. The van der Waals surface area contributed by atoms with Gasteiger partial charge in [-0.05, 0) is 11.6 Å². The Balaban J connectivity index is 1.72. The molecule has 0 amide bonds. The van der Waals surface area contributed by atoms with Crippen molar-refractivity contribution in [2.75, 3.05) is 6.79 Å². The number of fused-ring (bicyclic) bond motifs is 5. The molecule has 2 N–H and O–H groups in total. The number of nitrogens with zero attached hydrogens (tertiary/aromatic N) is 2. The fraction of sp³-hybridized carbons (Fsp3) is 0.250. The zero-order valence-electron chi connectivity index (χ0n) is 16.4. The van der Waals surface area contributed by atoms with Crippen LogP contribution in [0, 0.1) is 0 Å². The molecule has 2 aliphatic rings. The highest BCUT2D eigenvalue weighted by Gasteiger charge is 2.29. The Bertz CT molecular complexity index is 1290. The molecule has 0 atom stereocenters. The van der Waals surface area contributed by atoms with E-state index in [1.54, 1.807) is 4.57 Å². The number of rotatable bonds is 4. The summed E-state index contributed by atoms with van der Waals surface area (Å²) in [7, 11) is 1.85. The van der Waals surface area contributed by atoms with Crippen LogP contribution in [-0.2, 0) is 29.2 Å². The van der Waals surface area contributed by atoms with Crippen molar-refractivity contribution in [1.29, 1.82) is 0 Å². The van der Waals surface area contributed by atoms with Gasteiger partial charge in [-0.15, -0.1) is 0 Å². The second-order valence-electron chi connectivity index (χ2n) is 7.24. The Labute approximate surface area is 171 Å². The molecule has 9 nitrogen and oxygen atoms in total. The summed E-state index contributed by atoms with van der Waals surface area (Å²) < 4.78 is 17.5. The maximum absolute atomic E-state index is 13.0. The van der Waals surface area contributed by atoms with Gasteiger partial charge in [0.15, 0.2) is 19.5 Å². The number of ether oxygens (including phenoxy) is 3. The lowest BCUT2D eigenvalue weighted by atomic mass is 9.99. The number of benzene rings is 1. The second kappa shape index (κ2) is 6.77. The summed E-state index contributed by atoms with van der Waals surface area (Å²) in [5, 5.41) is 14.5. The molecule has 1 aromatic carbocycles. The van der Waals surface area contributed by atoms with Crippen molar-refractivity contribution in [2.24, 2.45) is 0 Å². The third-order valence-electron chi connectivity index (χ3n) is 5.41. The molecule has 0 aliphatic carbocycles. The number of hydrogen-bond donors (Lipinski definition) is 2. The Kier molecular flexibility index (Phi) is 4.18. The van der Waals surface area contributed by atoms with E-state index < -0.39 is 11.5 Å². The Morgan fingerprint density at radius 2 is 2.07 bits per heavy atom. The number of aromatic nitrogens is 2. The molecule has 0 bridgehead atoms. The predicted molar refractivity (Wildman–Crippen MR) is 109 cm³/mol. The Morgan fingerprint density at radius 3 is 2.80 bits per heavy atom. The molecule has 0 unspecified atom stereocenters.